The maximum absolute atomic E-state index is 11.7. The van der Waals surface area contributed by atoms with E-state index in [1.54, 1.807) is 6.92 Å². The molecule has 90 valence electrons. The number of hydrogen-bond acceptors (Lipinski definition) is 3. The summed E-state index contributed by atoms with van der Waals surface area (Å²) in [6.07, 6.45) is 0. The van der Waals surface area contributed by atoms with Crippen molar-refractivity contribution in [3.63, 3.8) is 0 Å². The molecule has 1 heterocycles. The van der Waals surface area contributed by atoms with Crippen LogP contribution in [0.1, 0.15) is 24.2 Å². The molecule has 0 spiro atoms. The Morgan fingerprint density at radius 1 is 1.47 bits per heavy atom. The van der Waals surface area contributed by atoms with Crippen LogP contribution in [0.15, 0.2) is 24.3 Å². The number of aromatic amines is 1. The summed E-state index contributed by atoms with van der Waals surface area (Å²) in [5.41, 5.74) is 8.65. The summed E-state index contributed by atoms with van der Waals surface area (Å²) in [4.78, 5) is 14.9. The fourth-order valence-corrected chi connectivity index (χ4v) is 2.05. The third-order valence-corrected chi connectivity index (χ3v) is 2.79. The monoisotopic (exact) mass is 232 g/mol. The predicted molar refractivity (Wildman–Crippen MR) is 66.6 cm³/mol. The van der Waals surface area contributed by atoms with E-state index in [2.05, 4.69) is 4.98 Å². The number of carbonyl (C=O) groups is 1. The Bertz CT molecular complexity index is 545. The van der Waals surface area contributed by atoms with Crippen LogP contribution in [0.5, 0.6) is 0 Å². The third kappa shape index (κ3) is 2.03. The van der Waals surface area contributed by atoms with Crippen molar-refractivity contribution in [3.8, 4) is 0 Å². The molecule has 0 aliphatic heterocycles. The highest BCUT2D eigenvalue weighted by Gasteiger charge is 2.22. The van der Waals surface area contributed by atoms with Crippen molar-refractivity contribution in [2.45, 2.75) is 19.9 Å². The summed E-state index contributed by atoms with van der Waals surface area (Å²) in [5, 5.41) is 0.977. The number of nitrogens with two attached hydrogens (primary N) is 1. The first-order valence-corrected chi connectivity index (χ1v) is 5.64. The summed E-state index contributed by atoms with van der Waals surface area (Å²) < 4.78 is 4.95. The van der Waals surface area contributed by atoms with E-state index < -0.39 is 6.04 Å². The first-order valence-electron chi connectivity index (χ1n) is 5.64. The number of aryl methyl sites for hydroxylation is 1. The van der Waals surface area contributed by atoms with Gasteiger partial charge in [-0.1, -0.05) is 18.2 Å². The molecule has 2 rings (SSSR count). The second-order valence-corrected chi connectivity index (χ2v) is 3.94. The van der Waals surface area contributed by atoms with Gasteiger partial charge in [0.05, 0.1) is 6.61 Å². The molecule has 4 nitrogen and oxygen atoms in total. The molecule has 0 saturated carbocycles. The first kappa shape index (κ1) is 11.7. The van der Waals surface area contributed by atoms with Crippen LogP contribution < -0.4 is 5.73 Å². The lowest BCUT2D eigenvalue weighted by atomic mass is 10.0. The molecule has 0 bridgehead atoms. The van der Waals surface area contributed by atoms with Crippen LogP contribution in [0.2, 0.25) is 0 Å². The van der Waals surface area contributed by atoms with Crippen molar-refractivity contribution in [1.29, 1.82) is 0 Å². The average Bonchev–Trinajstić information content (AvgIpc) is 2.64. The highest BCUT2D eigenvalue weighted by molar-refractivity contribution is 5.90. The van der Waals surface area contributed by atoms with Crippen molar-refractivity contribution in [3.05, 3.63) is 35.5 Å². The fourth-order valence-electron chi connectivity index (χ4n) is 2.05. The Labute approximate surface area is 99.8 Å². The number of nitrogens with one attached hydrogen (secondary N) is 1. The maximum atomic E-state index is 11.7. The van der Waals surface area contributed by atoms with Crippen molar-refractivity contribution < 1.29 is 9.53 Å². The Kier molecular flexibility index (Phi) is 3.15. The van der Waals surface area contributed by atoms with E-state index in [9.17, 15) is 4.79 Å². The summed E-state index contributed by atoms with van der Waals surface area (Å²) in [6.45, 7) is 4.02. The van der Waals surface area contributed by atoms with Gasteiger partial charge in [-0.2, -0.15) is 0 Å². The normalized spacial score (nSPS) is 12.6. The van der Waals surface area contributed by atoms with Crippen LogP contribution in [0, 0.1) is 6.92 Å². The van der Waals surface area contributed by atoms with Crippen LogP contribution in [0.3, 0.4) is 0 Å². The largest absolute Gasteiger partial charge is 0.465 e. The topological polar surface area (TPSA) is 68.1 Å². The van der Waals surface area contributed by atoms with Crippen LogP contribution in [-0.2, 0) is 9.53 Å². The van der Waals surface area contributed by atoms with Gasteiger partial charge < -0.3 is 15.5 Å². The summed E-state index contributed by atoms with van der Waals surface area (Å²) >= 11 is 0. The van der Waals surface area contributed by atoms with E-state index in [1.165, 1.54) is 0 Å². The standard InChI is InChI=1S/C13H16N2O2/c1-3-17-13(16)12(14)11-8(2)15-10-7-5-4-6-9(10)11/h4-7,12,15H,3,14H2,1-2H3. The van der Waals surface area contributed by atoms with Gasteiger partial charge in [-0.05, 0) is 19.9 Å². The van der Waals surface area contributed by atoms with E-state index in [0.29, 0.717) is 6.61 Å². The second-order valence-electron chi connectivity index (χ2n) is 3.94. The van der Waals surface area contributed by atoms with Crippen molar-refractivity contribution >= 4 is 16.9 Å². The lowest BCUT2D eigenvalue weighted by Crippen LogP contribution is -2.24. The van der Waals surface area contributed by atoms with Crippen molar-refractivity contribution in [1.82, 2.24) is 4.98 Å². The number of esters is 1. The number of H-pyrrole nitrogens is 1. The molecule has 0 aliphatic carbocycles. The van der Waals surface area contributed by atoms with Crippen LogP contribution >= 0.6 is 0 Å². The fraction of sp³-hybridized carbons (Fsp3) is 0.308. The summed E-state index contributed by atoms with van der Waals surface area (Å²) in [6, 6.07) is 7.05. The first-order chi connectivity index (χ1) is 8.15. The highest BCUT2D eigenvalue weighted by Crippen LogP contribution is 2.27. The molecule has 1 atom stereocenters. The molecule has 0 fully saturated rings. The number of hydrogen-bond donors (Lipinski definition) is 2. The molecule has 4 heteroatoms. The molecule has 3 N–H and O–H groups in total. The number of para-hydroxylation sites is 1. The van der Waals surface area contributed by atoms with E-state index in [0.717, 1.165) is 22.2 Å². The van der Waals surface area contributed by atoms with Gasteiger partial charge in [0.15, 0.2) is 0 Å². The minimum absolute atomic E-state index is 0.341. The molecule has 0 saturated heterocycles. The van der Waals surface area contributed by atoms with Crippen LogP contribution in [0.4, 0.5) is 0 Å². The van der Waals surface area contributed by atoms with Gasteiger partial charge in [-0.25, -0.2) is 4.79 Å². The SMILES string of the molecule is CCOC(=O)C(N)c1c(C)[nH]c2ccccc12. The Morgan fingerprint density at radius 2 is 2.18 bits per heavy atom. The molecule has 1 aromatic carbocycles. The van der Waals surface area contributed by atoms with Gasteiger partial charge in [0.1, 0.15) is 6.04 Å². The zero-order valence-electron chi connectivity index (χ0n) is 9.99. The summed E-state index contributed by atoms with van der Waals surface area (Å²) in [7, 11) is 0. The zero-order valence-corrected chi connectivity index (χ0v) is 9.99. The van der Waals surface area contributed by atoms with Gasteiger partial charge in [0, 0.05) is 22.2 Å². The molecular formula is C13H16N2O2. The van der Waals surface area contributed by atoms with Gasteiger partial charge in [-0.15, -0.1) is 0 Å². The lowest BCUT2D eigenvalue weighted by Gasteiger charge is -2.10. The number of fused-ring (bicyclic) bond motifs is 1. The van der Waals surface area contributed by atoms with Crippen LogP contribution in [-0.4, -0.2) is 17.6 Å². The number of ether oxygens (including phenoxy) is 1. The number of carbonyl (C=O) groups excluding carboxylic acids is 1. The van der Waals surface area contributed by atoms with Gasteiger partial charge in [-0.3, -0.25) is 0 Å². The maximum Gasteiger partial charge on any atom is 0.327 e. The smallest absolute Gasteiger partial charge is 0.327 e. The minimum Gasteiger partial charge on any atom is -0.465 e. The molecule has 0 radical (unpaired) electrons. The van der Waals surface area contributed by atoms with Crippen molar-refractivity contribution in [2.75, 3.05) is 6.61 Å². The quantitative estimate of drug-likeness (QED) is 0.796. The van der Waals surface area contributed by atoms with E-state index >= 15 is 0 Å². The molecule has 0 amide bonds. The number of benzene rings is 1. The Morgan fingerprint density at radius 3 is 2.88 bits per heavy atom. The van der Waals surface area contributed by atoms with Gasteiger partial charge in [0.2, 0.25) is 0 Å². The molecular weight excluding hydrogens is 216 g/mol. The molecule has 1 unspecified atom stereocenters. The average molecular weight is 232 g/mol. The highest BCUT2D eigenvalue weighted by atomic mass is 16.5. The lowest BCUT2D eigenvalue weighted by molar-refractivity contribution is -0.144. The second kappa shape index (κ2) is 4.59. The van der Waals surface area contributed by atoms with Crippen molar-refractivity contribution in [2.24, 2.45) is 5.73 Å². The zero-order chi connectivity index (χ0) is 12.4. The summed E-state index contributed by atoms with van der Waals surface area (Å²) in [5.74, 6) is -0.389. The molecule has 0 aliphatic rings. The van der Waals surface area contributed by atoms with Crippen LogP contribution in [0.25, 0.3) is 10.9 Å². The van der Waals surface area contributed by atoms with E-state index in [4.69, 9.17) is 10.5 Å². The predicted octanol–water partition coefficient (Wildman–Crippen LogP) is 2.04. The third-order valence-electron chi connectivity index (χ3n) is 2.79. The minimum atomic E-state index is -0.730. The Balaban J connectivity index is 2.47. The van der Waals surface area contributed by atoms with E-state index in [-0.39, 0.29) is 5.97 Å². The molecule has 1 aromatic heterocycles. The van der Waals surface area contributed by atoms with Gasteiger partial charge in [0.25, 0.3) is 0 Å². The molecule has 2 aromatic rings. The number of rotatable bonds is 3. The molecule has 17 heavy (non-hydrogen) atoms. The van der Waals surface area contributed by atoms with E-state index in [1.807, 2.05) is 31.2 Å². The van der Waals surface area contributed by atoms with Gasteiger partial charge >= 0.3 is 5.97 Å². The number of aromatic nitrogens is 1. The Hall–Kier alpha value is -1.81.